The van der Waals surface area contributed by atoms with E-state index in [9.17, 15) is 0 Å². The highest BCUT2D eigenvalue weighted by molar-refractivity contribution is 5.47. The highest BCUT2D eigenvalue weighted by Crippen LogP contribution is 2.36. The number of anilines is 3. The van der Waals surface area contributed by atoms with Gasteiger partial charge in [-0.25, -0.2) is 0 Å². The monoisotopic (exact) mass is 685 g/mol. The van der Waals surface area contributed by atoms with Crippen LogP contribution in [0.3, 0.4) is 0 Å². The summed E-state index contributed by atoms with van der Waals surface area (Å²) in [6.07, 6.45) is 21.9. The van der Waals surface area contributed by atoms with Crippen LogP contribution in [-0.4, -0.2) is 68.8 Å². The molecule has 0 spiro atoms. The second-order valence-electron chi connectivity index (χ2n) is 18.4. The summed E-state index contributed by atoms with van der Waals surface area (Å²) in [4.78, 5) is 21.2. The molecule has 2 fully saturated rings. The van der Waals surface area contributed by atoms with Gasteiger partial charge < -0.3 is 25.8 Å². The first kappa shape index (κ1) is 41.7. The average Bonchev–Trinajstić information content (AvgIpc) is 2.97. The third kappa shape index (κ3) is 14.5. The van der Waals surface area contributed by atoms with Crippen LogP contribution in [0.1, 0.15) is 192 Å². The molecule has 1 aromatic rings. The van der Waals surface area contributed by atoms with Gasteiger partial charge in [-0.1, -0.05) is 91.4 Å². The molecule has 8 heteroatoms. The minimum Gasteiger partial charge on any atom is -0.354 e. The zero-order chi connectivity index (χ0) is 36.1. The topological polar surface area (TPSA) is 81.2 Å². The van der Waals surface area contributed by atoms with Crippen molar-refractivity contribution >= 4 is 17.8 Å². The summed E-state index contributed by atoms with van der Waals surface area (Å²) in [5.74, 6) is 2.49. The molecule has 0 radical (unpaired) electrons. The number of piperidine rings is 2. The molecule has 8 nitrogen and oxygen atoms in total. The molecule has 0 atom stereocenters. The summed E-state index contributed by atoms with van der Waals surface area (Å²) in [6, 6.07) is 0.730. The number of aromatic nitrogens is 3. The molecule has 3 N–H and O–H groups in total. The van der Waals surface area contributed by atoms with Crippen molar-refractivity contribution in [3.05, 3.63) is 0 Å². The number of hydrogen-bond donors (Lipinski definition) is 3. The van der Waals surface area contributed by atoms with E-state index in [1.165, 1.54) is 77.0 Å². The minimum atomic E-state index is 0.0416. The lowest BCUT2D eigenvalue weighted by atomic mass is 9.79. The molecular formula is C41H80N8. The van der Waals surface area contributed by atoms with E-state index < -0.39 is 0 Å². The van der Waals surface area contributed by atoms with E-state index in [0.29, 0.717) is 12.1 Å². The van der Waals surface area contributed by atoms with Gasteiger partial charge in [0.25, 0.3) is 0 Å². The largest absolute Gasteiger partial charge is 0.354 e. The number of unbranched alkanes of at least 4 members (excludes halogenated alkanes) is 11. The smallest absolute Gasteiger partial charge is 0.232 e. The molecule has 49 heavy (non-hydrogen) atoms. The Bertz CT molecular complexity index is 975. The molecule has 0 bridgehead atoms. The molecule has 3 heterocycles. The third-order valence-corrected chi connectivity index (χ3v) is 10.7. The first-order valence-corrected chi connectivity index (χ1v) is 20.7. The van der Waals surface area contributed by atoms with E-state index in [0.717, 1.165) is 76.0 Å². The summed E-state index contributed by atoms with van der Waals surface area (Å²) in [6.45, 7) is 28.6. The maximum atomic E-state index is 5.51. The predicted octanol–water partition coefficient (Wildman–Crippen LogP) is 10.0. The molecule has 0 unspecified atom stereocenters. The van der Waals surface area contributed by atoms with Crippen molar-refractivity contribution in [1.29, 1.82) is 0 Å². The number of hydrogen-bond acceptors (Lipinski definition) is 8. The Balaban J connectivity index is 2.05. The summed E-state index contributed by atoms with van der Waals surface area (Å²) in [5.41, 5.74) is 0.166. The van der Waals surface area contributed by atoms with Crippen LogP contribution in [0.4, 0.5) is 17.8 Å². The fourth-order valence-electron chi connectivity index (χ4n) is 9.06. The highest BCUT2D eigenvalue weighted by atomic mass is 15.4. The summed E-state index contributed by atoms with van der Waals surface area (Å²) in [7, 11) is 0. The Kier molecular flexibility index (Phi) is 16.4. The van der Waals surface area contributed by atoms with E-state index in [2.05, 4.69) is 102 Å². The van der Waals surface area contributed by atoms with E-state index in [1.807, 2.05) is 0 Å². The zero-order valence-electron chi connectivity index (χ0n) is 34.2. The average molecular weight is 685 g/mol. The summed E-state index contributed by atoms with van der Waals surface area (Å²) >= 11 is 0. The van der Waals surface area contributed by atoms with Crippen molar-refractivity contribution in [2.45, 2.75) is 226 Å². The van der Waals surface area contributed by atoms with Crippen molar-refractivity contribution < 1.29 is 0 Å². The van der Waals surface area contributed by atoms with Crippen molar-refractivity contribution in [2.75, 3.05) is 34.8 Å². The Morgan fingerprint density at radius 2 is 0.857 bits per heavy atom. The molecule has 2 aliphatic heterocycles. The Hall–Kier alpha value is -1.67. The first-order chi connectivity index (χ1) is 23.1. The van der Waals surface area contributed by atoms with E-state index in [4.69, 9.17) is 15.0 Å². The fourth-order valence-corrected chi connectivity index (χ4v) is 9.06. The van der Waals surface area contributed by atoms with Crippen LogP contribution in [0, 0.1) is 0 Å². The van der Waals surface area contributed by atoms with E-state index in [-0.39, 0.29) is 22.2 Å². The Morgan fingerprint density at radius 3 is 1.22 bits per heavy atom. The molecule has 2 saturated heterocycles. The quantitative estimate of drug-likeness (QED) is 0.104. The van der Waals surface area contributed by atoms with Crippen LogP contribution in [0.25, 0.3) is 0 Å². The Morgan fingerprint density at radius 1 is 0.510 bits per heavy atom. The van der Waals surface area contributed by atoms with Crippen LogP contribution in [0.5, 0.6) is 0 Å². The molecule has 0 amide bonds. The van der Waals surface area contributed by atoms with Crippen molar-refractivity contribution in [1.82, 2.24) is 25.6 Å². The van der Waals surface area contributed by atoms with Crippen molar-refractivity contribution in [3.63, 3.8) is 0 Å². The van der Waals surface area contributed by atoms with Gasteiger partial charge in [0.2, 0.25) is 17.8 Å². The van der Waals surface area contributed by atoms with Gasteiger partial charge in [-0.2, -0.15) is 15.0 Å². The number of rotatable bonds is 22. The zero-order valence-corrected chi connectivity index (χ0v) is 34.2. The molecule has 2 aliphatic rings. The molecule has 3 rings (SSSR count). The van der Waals surface area contributed by atoms with Gasteiger partial charge in [-0.3, -0.25) is 0 Å². The second kappa shape index (κ2) is 19.2. The lowest BCUT2D eigenvalue weighted by Gasteiger charge is -2.50. The van der Waals surface area contributed by atoms with Gasteiger partial charge in [0, 0.05) is 53.9 Å². The van der Waals surface area contributed by atoms with Crippen LogP contribution in [-0.2, 0) is 0 Å². The maximum absolute atomic E-state index is 5.51. The number of nitrogens with one attached hydrogen (secondary N) is 3. The van der Waals surface area contributed by atoms with Crippen LogP contribution < -0.4 is 25.8 Å². The van der Waals surface area contributed by atoms with Crippen LogP contribution in [0.15, 0.2) is 0 Å². The van der Waals surface area contributed by atoms with Gasteiger partial charge in [0.15, 0.2) is 0 Å². The van der Waals surface area contributed by atoms with Crippen LogP contribution in [0.2, 0.25) is 0 Å². The fraction of sp³-hybridized carbons (Fsp3) is 0.927. The first-order valence-electron chi connectivity index (χ1n) is 20.7. The van der Waals surface area contributed by atoms with Gasteiger partial charge >= 0.3 is 0 Å². The molecule has 0 aromatic carbocycles. The van der Waals surface area contributed by atoms with Crippen LogP contribution >= 0.6 is 0 Å². The van der Waals surface area contributed by atoms with Crippen molar-refractivity contribution in [3.8, 4) is 0 Å². The maximum Gasteiger partial charge on any atom is 0.232 e. The highest BCUT2D eigenvalue weighted by Gasteiger charge is 2.42. The SMILES string of the molecule is CCCCCCCCN(c1nc(NCCCC)nc(N(CCCCCCCC)C2CC(C)(C)NC(C)(C)C2)n1)C1CC(C)(C)NC(C)(C)C1. The second-order valence-corrected chi connectivity index (χ2v) is 18.4. The number of nitrogens with zero attached hydrogens (tertiary/aromatic N) is 5. The molecule has 0 saturated carbocycles. The molecule has 0 aliphatic carbocycles. The standard InChI is InChI=1S/C41H80N8/c1-12-15-18-20-22-24-27-48(33-29-38(4,5)46-39(6,7)30-33)36-43-35(42-26-17-14-3)44-37(45-36)49(28-25-23-21-19-16-13-2)34-31-40(8,9)47-41(10,11)32-34/h33-34,46-47H,12-32H2,1-11H3,(H,42,43,44,45). The Labute approximate surface area is 303 Å². The predicted molar refractivity (Wildman–Crippen MR) is 213 cm³/mol. The molecule has 284 valence electrons. The third-order valence-electron chi connectivity index (χ3n) is 10.7. The van der Waals surface area contributed by atoms with Gasteiger partial charge in [0.1, 0.15) is 0 Å². The molecule has 1 aromatic heterocycles. The normalized spacial score (nSPS) is 20.3. The minimum absolute atomic E-state index is 0.0416. The van der Waals surface area contributed by atoms with Gasteiger partial charge in [-0.15, -0.1) is 0 Å². The van der Waals surface area contributed by atoms with E-state index >= 15 is 0 Å². The lowest BCUT2D eigenvalue weighted by Crippen LogP contribution is -2.63. The molecular weight excluding hydrogens is 605 g/mol. The summed E-state index contributed by atoms with van der Waals surface area (Å²) < 4.78 is 0. The van der Waals surface area contributed by atoms with Gasteiger partial charge in [0.05, 0.1) is 0 Å². The summed E-state index contributed by atoms with van der Waals surface area (Å²) in [5, 5.41) is 11.5. The lowest BCUT2D eigenvalue weighted by molar-refractivity contribution is 0.157. The van der Waals surface area contributed by atoms with E-state index in [1.54, 1.807) is 0 Å². The van der Waals surface area contributed by atoms with Crippen molar-refractivity contribution in [2.24, 2.45) is 0 Å². The van der Waals surface area contributed by atoms with Gasteiger partial charge in [-0.05, 0) is 100 Å².